The summed E-state index contributed by atoms with van der Waals surface area (Å²) in [6, 6.07) is 14.4. The summed E-state index contributed by atoms with van der Waals surface area (Å²) in [6.45, 7) is 7.25. The SMILES string of the molecule is CC(=O)c1c(C)[nH]c(C(=O)NCc2cccc(NC(=O)Nc3cccc(C)c3)c2)c1C. The van der Waals surface area contributed by atoms with Crippen molar-refractivity contribution >= 4 is 29.1 Å². The largest absolute Gasteiger partial charge is 0.354 e. The van der Waals surface area contributed by atoms with Crippen LogP contribution in [0.1, 0.15) is 50.2 Å². The van der Waals surface area contributed by atoms with Gasteiger partial charge in [0.25, 0.3) is 5.91 Å². The lowest BCUT2D eigenvalue weighted by Crippen LogP contribution is -2.24. The zero-order valence-corrected chi connectivity index (χ0v) is 18.1. The lowest BCUT2D eigenvalue weighted by Gasteiger charge is -2.10. The van der Waals surface area contributed by atoms with Crippen LogP contribution in [0.4, 0.5) is 16.2 Å². The number of amides is 3. The third-order valence-electron chi connectivity index (χ3n) is 4.93. The third kappa shape index (κ3) is 5.39. The predicted molar refractivity (Wildman–Crippen MR) is 122 cm³/mol. The molecule has 0 spiro atoms. The number of Topliss-reactive ketones (excluding diaryl/α,β-unsaturated/α-hetero) is 1. The maximum Gasteiger partial charge on any atom is 0.323 e. The van der Waals surface area contributed by atoms with E-state index < -0.39 is 0 Å². The molecule has 3 aromatic rings. The van der Waals surface area contributed by atoms with Crippen molar-refractivity contribution in [3.05, 3.63) is 82.2 Å². The Balaban J connectivity index is 1.62. The summed E-state index contributed by atoms with van der Waals surface area (Å²) in [4.78, 5) is 39.6. The molecule has 0 fully saturated rings. The molecule has 7 heteroatoms. The van der Waals surface area contributed by atoms with Crippen LogP contribution in [0.3, 0.4) is 0 Å². The van der Waals surface area contributed by atoms with Gasteiger partial charge >= 0.3 is 6.03 Å². The summed E-state index contributed by atoms with van der Waals surface area (Å²) in [6.07, 6.45) is 0. The number of aromatic amines is 1. The molecule has 0 aliphatic carbocycles. The molecule has 0 unspecified atom stereocenters. The molecule has 3 rings (SSSR count). The van der Waals surface area contributed by atoms with Crippen molar-refractivity contribution in [1.82, 2.24) is 10.3 Å². The predicted octanol–water partition coefficient (Wildman–Crippen LogP) is 4.72. The van der Waals surface area contributed by atoms with Crippen LogP contribution >= 0.6 is 0 Å². The second kappa shape index (κ2) is 9.30. The van der Waals surface area contributed by atoms with Crippen molar-refractivity contribution in [2.24, 2.45) is 0 Å². The van der Waals surface area contributed by atoms with Crippen molar-refractivity contribution < 1.29 is 14.4 Å². The second-order valence-corrected chi connectivity index (χ2v) is 7.51. The van der Waals surface area contributed by atoms with Crippen LogP contribution in [-0.4, -0.2) is 22.7 Å². The molecule has 0 atom stereocenters. The van der Waals surface area contributed by atoms with E-state index in [1.807, 2.05) is 43.3 Å². The molecule has 31 heavy (non-hydrogen) atoms. The van der Waals surface area contributed by atoms with Crippen LogP contribution in [-0.2, 0) is 6.54 Å². The third-order valence-corrected chi connectivity index (χ3v) is 4.93. The Morgan fingerprint density at radius 3 is 2.16 bits per heavy atom. The zero-order chi connectivity index (χ0) is 22.5. The number of H-pyrrole nitrogens is 1. The molecule has 7 nitrogen and oxygen atoms in total. The van der Waals surface area contributed by atoms with Gasteiger partial charge in [0.1, 0.15) is 5.69 Å². The van der Waals surface area contributed by atoms with Gasteiger partial charge in [-0.25, -0.2) is 4.79 Å². The van der Waals surface area contributed by atoms with Crippen molar-refractivity contribution in [3.63, 3.8) is 0 Å². The number of anilines is 2. The average Bonchev–Trinajstić information content (AvgIpc) is 3.00. The van der Waals surface area contributed by atoms with Crippen LogP contribution in [0.25, 0.3) is 0 Å². The van der Waals surface area contributed by atoms with Gasteiger partial charge in [-0.05, 0) is 68.7 Å². The number of urea groups is 1. The van der Waals surface area contributed by atoms with E-state index in [1.165, 1.54) is 6.92 Å². The number of benzene rings is 2. The van der Waals surface area contributed by atoms with Crippen LogP contribution in [0.2, 0.25) is 0 Å². The van der Waals surface area contributed by atoms with E-state index in [0.29, 0.717) is 33.9 Å². The first kappa shape index (κ1) is 21.8. The Hall–Kier alpha value is -3.87. The van der Waals surface area contributed by atoms with Gasteiger partial charge in [0, 0.05) is 29.2 Å². The first-order valence-corrected chi connectivity index (χ1v) is 9.96. The molecule has 3 amide bonds. The molecule has 2 aromatic carbocycles. The summed E-state index contributed by atoms with van der Waals surface area (Å²) in [5.41, 5.74) is 5.47. The van der Waals surface area contributed by atoms with Crippen molar-refractivity contribution in [2.75, 3.05) is 10.6 Å². The van der Waals surface area contributed by atoms with Crippen LogP contribution in [0, 0.1) is 20.8 Å². The van der Waals surface area contributed by atoms with Crippen molar-refractivity contribution in [2.45, 2.75) is 34.2 Å². The van der Waals surface area contributed by atoms with Gasteiger partial charge in [0.15, 0.2) is 5.78 Å². The number of aromatic nitrogens is 1. The molecule has 0 saturated carbocycles. The average molecular weight is 418 g/mol. The lowest BCUT2D eigenvalue weighted by atomic mass is 10.1. The Morgan fingerprint density at radius 1 is 0.903 bits per heavy atom. The second-order valence-electron chi connectivity index (χ2n) is 7.51. The quantitative estimate of drug-likeness (QED) is 0.436. The highest BCUT2D eigenvalue weighted by Crippen LogP contribution is 2.19. The van der Waals surface area contributed by atoms with Crippen LogP contribution < -0.4 is 16.0 Å². The monoisotopic (exact) mass is 418 g/mol. The fraction of sp³-hybridized carbons (Fsp3) is 0.208. The Labute approximate surface area is 181 Å². The number of aryl methyl sites for hydroxylation is 2. The number of ketones is 1. The fourth-order valence-corrected chi connectivity index (χ4v) is 3.55. The van der Waals surface area contributed by atoms with Crippen molar-refractivity contribution in [3.8, 4) is 0 Å². The molecule has 1 heterocycles. The molecule has 0 aliphatic heterocycles. The molecular weight excluding hydrogens is 392 g/mol. The summed E-state index contributed by atoms with van der Waals surface area (Å²) < 4.78 is 0. The normalized spacial score (nSPS) is 10.5. The van der Waals surface area contributed by atoms with Gasteiger partial charge in [-0.2, -0.15) is 0 Å². The van der Waals surface area contributed by atoms with E-state index in [-0.39, 0.29) is 24.3 Å². The molecule has 0 bridgehead atoms. The number of rotatable bonds is 6. The van der Waals surface area contributed by atoms with E-state index in [4.69, 9.17) is 0 Å². The highest BCUT2D eigenvalue weighted by atomic mass is 16.2. The van der Waals surface area contributed by atoms with Gasteiger partial charge in [0.2, 0.25) is 0 Å². The Kier molecular flexibility index (Phi) is 6.55. The van der Waals surface area contributed by atoms with Gasteiger partial charge in [0.05, 0.1) is 0 Å². The van der Waals surface area contributed by atoms with E-state index in [1.54, 1.807) is 26.0 Å². The number of carbonyl (C=O) groups excluding carboxylic acids is 3. The summed E-state index contributed by atoms with van der Waals surface area (Å²) >= 11 is 0. The van der Waals surface area contributed by atoms with Gasteiger partial charge in [-0.3, -0.25) is 9.59 Å². The summed E-state index contributed by atoms with van der Waals surface area (Å²) in [7, 11) is 0. The van der Waals surface area contributed by atoms with E-state index >= 15 is 0 Å². The molecule has 0 aliphatic rings. The number of carbonyl (C=O) groups is 3. The van der Waals surface area contributed by atoms with E-state index in [0.717, 1.165) is 11.1 Å². The first-order chi connectivity index (χ1) is 14.7. The number of hydrogen-bond donors (Lipinski definition) is 4. The number of nitrogens with one attached hydrogen (secondary N) is 4. The zero-order valence-electron chi connectivity index (χ0n) is 18.1. The van der Waals surface area contributed by atoms with E-state index in [9.17, 15) is 14.4 Å². The minimum atomic E-state index is -0.346. The standard InChI is InChI=1S/C24H26N4O3/c1-14-7-5-9-19(11-14)27-24(31)28-20-10-6-8-18(12-20)13-25-23(30)22-15(2)21(17(4)29)16(3)26-22/h5-12,26H,13H2,1-4H3,(H,25,30)(H2,27,28,31). The maximum atomic E-state index is 12.6. The molecule has 1 aromatic heterocycles. The Bertz CT molecular complexity index is 1150. The lowest BCUT2D eigenvalue weighted by molar-refractivity contribution is 0.0945. The van der Waals surface area contributed by atoms with Crippen molar-refractivity contribution in [1.29, 1.82) is 0 Å². The smallest absolute Gasteiger partial charge is 0.323 e. The topological polar surface area (TPSA) is 103 Å². The van der Waals surface area contributed by atoms with Gasteiger partial charge < -0.3 is 20.9 Å². The molecule has 0 radical (unpaired) electrons. The minimum Gasteiger partial charge on any atom is -0.354 e. The Morgan fingerprint density at radius 2 is 1.55 bits per heavy atom. The highest BCUT2D eigenvalue weighted by Gasteiger charge is 2.19. The molecule has 0 saturated heterocycles. The highest BCUT2D eigenvalue weighted by molar-refractivity contribution is 6.02. The van der Waals surface area contributed by atoms with Crippen LogP contribution in [0.15, 0.2) is 48.5 Å². The molecule has 4 N–H and O–H groups in total. The van der Waals surface area contributed by atoms with Crippen LogP contribution in [0.5, 0.6) is 0 Å². The van der Waals surface area contributed by atoms with Gasteiger partial charge in [-0.15, -0.1) is 0 Å². The molecular formula is C24H26N4O3. The number of hydrogen-bond acceptors (Lipinski definition) is 3. The summed E-state index contributed by atoms with van der Waals surface area (Å²) in [5.74, 6) is -0.364. The maximum absolute atomic E-state index is 12.6. The first-order valence-electron chi connectivity index (χ1n) is 9.96. The molecule has 160 valence electrons. The fourth-order valence-electron chi connectivity index (χ4n) is 3.55. The summed E-state index contributed by atoms with van der Waals surface area (Å²) in [5, 5.41) is 8.44. The van der Waals surface area contributed by atoms with Gasteiger partial charge in [-0.1, -0.05) is 24.3 Å². The van der Waals surface area contributed by atoms with E-state index in [2.05, 4.69) is 20.9 Å². The minimum absolute atomic E-state index is 0.0759.